The topological polar surface area (TPSA) is 95.6 Å². The fourth-order valence-electron chi connectivity index (χ4n) is 3.73. The van der Waals surface area contributed by atoms with Crippen molar-refractivity contribution in [3.05, 3.63) is 22.5 Å². The summed E-state index contributed by atoms with van der Waals surface area (Å²) in [6.45, 7) is 5.76. The molecule has 28 heavy (non-hydrogen) atoms. The van der Waals surface area contributed by atoms with Gasteiger partial charge >= 0.3 is 11.8 Å². The quantitative estimate of drug-likeness (QED) is 0.566. The van der Waals surface area contributed by atoms with Gasteiger partial charge in [-0.05, 0) is 25.2 Å². The molecule has 1 aromatic heterocycles. The number of aromatic amines is 1. The van der Waals surface area contributed by atoms with Crippen molar-refractivity contribution in [2.75, 3.05) is 25.4 Å². The third-order valence-electron chi connectivity index (χ3n) is 5.03. The molecule has 1 aromatic rings. The van der Waals surface area contributed by atoms with Crippen LogP contribution in [0.4, 0.5) is 9.18 Å². The number of ether oxygens (including phenoxy) is 1. The summed E-state index contributed by atoms with van der Waals surface area (Å²) in [7, 11) is 0. The van der Waals surface area contributed by atoms with Crippen molar-refractivity contribution >= 4 is 23.8 Å². The van der Waals surface area contributed by atoms with E-state index >= 15 is 0 Å². The van der Waals surface area contributed by atoms with Crippen molar-refractivity contribution in [1.29, 1.82) is 0 Å². The van der Waals surface area contributed by atoms with Crippen LogP contribution in [0.15, 0.2) is 16.0 Å². The molecule has 0 aliphatic carbocycles. The molecule has 2 aliphatic rings. The molecular weight excluding hydrogens is 387 g/mol. The smallest absolute Gasteiger partial charge is 0.410 e. The lowest BCUT2D eigenvalue weighted by Gasteiger charge is -2.38. The summed E-state index contributed by atoms with van der Waals surface area (Å²) in [5.74, 6) is -0.271. The van der Waals surface area contributed by atoms with Crippen molar-refractivity contribution in [2.45, 2.75) is 50.2 Å². The van der Waals surface area contributed by atoms with Crippen LogP contribution >= 0.6 is 11.8 Å². The van der Waals surface area contributed by atoms with E-state index in [1.807, 2.05) is 4.90 Å². The Balaban J connectivity index is 1.51. The summed E-state index contributed by atoms with van der Waals surface area (Å²) in [6.07, 6.45) is 2.88. The molecule has 0 radical (unpaired) electrons. The summed E-state index contributed by atoms with van der Waals surface area (Å²) >= 11 is 0.950. The molecule has 1 atom stereocenters. The van der Waals surface area contributed by atoms with Crippen LogP contribution in [-0.4, -0.2) is 69.3 Å². The molecule has 0 bridgehead atoms. The zero-order chi connectivity index (χ0) is 20.3. The Kier molecular flexibility index (Phi) is 6.58. The third-order valence-corrected chi connectivity index (χ3v) is 6.01. The van der Waals surface area contributed by atoms with E-state index in [-0.39, 0.29) is 34.9 Å². The molecular formula is C18H25FN4O4S. The summed E-state index contributed by atoms with van der Waals surface area (Å²) < 4.78 is 18.9. The van der Waals surface area contributed by atoms with E-state index in [0.717, 1.165) is 24.4 Å². The van der Waals surface area contributed by atoms with Gasteiger partial charge < -0.3 is 9.64 Å². The molecule has 1 N–H and O–H groups in total. The predicted molar refractivity (Wildman–Crippen MR) is 102 cm³/mol. The van der Waals surface area contributed by atoms with Crippen LogP contribution in [0.3, 0.4) is 0 Å². The number of hydrogen-bond acceptors (Lipinski definition) is 6. The van der Waals surface area contributed by atoms with Crippen LogP contribution in [0.5, 0.6) is 0 Å². The van der Waals surface area contributed by atoms with Crippen molar-refractivity contribution in [1.82, 2.24) is 19.8 Å². The lowest BCUT2D eigenvalue weighted by atomic mass is 9.98. The number of aromatic nitrogens is 2. The van der Waals surface area contributed by atoms with Gasteiger partial charge in [0.1, 0.15) is 11.6 Å². The minimum absolute atomic E-state index is 0.0135. The minimum atomic E-state index is -0.653. The summed E-state index contributed by atoms with van der Waals surface area (Å²) in [5.41, 5.74) is -0.648. The lowest BCUT2D eigenvalue weighted by molar-refractivity contribution is -0.129. The summed E-state index contributed by atoms with van der Waals surface area (Å²) in [4.78, 5) is 44.9. The van der Waals surface area contributed by atoms with E-state index in [9.17, 15) is 18.8 Å². The maximum absolute atomic E-state index is 13.6. The zero-order valence-electron chi connectivity index (χ0n) is 16.0. The minimum Gasteiger partial charge on any atom is -0.447 e. The number of cyclic esters (lactones) is 1. The van der Waals surface area contributed by atoms with E-state index in [1.165, 1.54) is 0 Å². The van der Waals surface area contributed by atoms with Crippen LogP contribution in [0.1, 0.15) is 33.1 Å². The third kappa shape index (κ3) is 4.84. The summed E-state index contributed by atoms with van der Waals surface area (Å²) in [5, 5.41) is 0.0135. The standard InChI is InChI=1S/C18H25FN4O4S/c1-11(2)7-13-9-27-18(26)23(13)12-3-5-22(6-4-12)15(24)10-28-16-14(19)8-20-17(25)21-16/h8,11-13H,3-7,9-10H2,1-2H3,(H,20,21,25). The van der Waals surface area contributed by atoms with Gasteiger partial charge in [-0.25, -0.2) is 14.0 Å². The largest absolute Gasteiger partial charge is 0.447 e. The predicted octanol–water partition coefficient (Wildman–Crippen LogP) is 1.86. The molecule has 2 saturated heterocycles. The lowest BCUT2D eigenvalue weighted by Crippen LogP contribution is -2.50. The van der Waals surface area contributed by atoms with Crippen LogP contribution in [-0.2, 0) is 9.53 Å². The van der Waals surface area contributed by atoms with E-state index in [0.29, 0.717) is 38.5 Å². The second kappa shape index (κ2) is 8.93. The van der Waals surface area contributed by atoms with Gasteiger partial charge in [-0.2, -0.15) is 4.98 Å². The van der Waals surface area contributed by atoms with Crippen molar-refractivity contribution < 1.29 is 18.7 Å². The Labute approximate surface area is 166 Å². The second-order valence-electron chi connectivity index (χ2n) is 7.53. The van der Waals surface area contributed by atoms with Gasteiger partial charge in [0.25, 0.3) is 0 Å². The highest BCUT2D eigenvalue weighted by Gasteiger charge is 2.39. The number of halogens is 1. The number of amides is 2. The van der Waals surface area contributed by atoms with Gasteiger partial charge in [-0.3, -0.25) is 14.7 Å². The molecule has 1 unspecified atom stereocenters. The van der Waals surface area contributed by atoms with Crippen molar-refractivity contribution in [3.8, 4) is 0 Å². The maximum Gasteiger partial charge on any atom is 0.410 e. The fourth-order valence-corrected chi connectivity index (χ4v) is 4.53. The molecule has 2 aliphatic heterocycles. The van der Waals surface area contributed by atoms with E-state index < -0.39 is 11.5 Å². The average Bonchev–Trinajstić information content (AvgIpc) is 3.02. The number of nitrogens with zero attached hydrogens (tertiary/aromatic N) is 3. The molecule has 3 heterocycles. The molecule has 0 spiro atoms. The van der Waals surface area contributed by atoms with Crippen molar-refractivity contribution in [2.24, 2.45) is 5.92 Å². The summed E-state index contributed by atoms with van der Waals surface area (Å²) in [6, 6.07) is 0.172. The molecule has 10 heteroatoms. The van der Waals surface area contributed by atoms with Crippen LogP contribution < -0.4 is 5.69 Å². The number of nitrogens with one attached hydrogen (secondary N) is 1. The van der Waals surface area contributed by atoms with Crippen LogP contribution in [0.25, 0.3) is 0 Å². The number of thioether (sulfide) groups is 1. The van der Waals surface area contributed by atoms with Crippen LogP contribution in [0, 0.1) is 11.7 Å². The Morgan fingerprint density at radius 1 is 1.39 bits per heavy atom. The monoisotopic (exact) mass is 412 g/mol. The highest BCUT2D eigenvalue weighted by atomic mass is 32.2. The highest BCUT2D eigenvalue weighted by Crippen LogP contribution is 2.27. The Hall–Kier alpha value is -2.10. The van der Waals surface area contributed by atoms with Gasteiger partial charge in [0.2, 0.25) is 5.91 Å². The van der Waals surface area contributed by atoms with Gasteiger partial charge in [0.15, 0.2) is 5.82 Å². The van der Waals surface area contributed by atoms with Gasteiger partial charge in [0, 0.05) is 19.1 Å². The maximum atomic E-state index is 13.6. The number of carbonyl (C=O) groups is 2. The normalized spacial score (nSPS) is 20.7. The van der Waals surface area contributed by atoms with Gasteiger partial charge in [0.05, 0.1) is 18.0 Å². The Morgan fingerprint density at radius 3 is 2.79 bits per heavy atom. The van der Waals surface area contributed by atoms with E-state index in [2.05, 4.69) is 23.8 Å². The first-order valence-corrected chi connectivity index (χ1v) is 10.4. The second-order valence-corrected chi connectivity index (χ2v) is 8.52. The first-order valence-electron chi connectivity index (χ1n) is 9.45. The van der Waals surface area contributed by atoms with E-state index in [4.69, 9.17) is 4.74 Å². The average molecular weight is 412 g/mol. The van der Waals surface area contributed by atoms with Gasteiger partial charge in [-0.15, -0.1) is 0 Å². The van der Waals surface area contributed by atoms with Crippen LogP contribution in [0.2, 0.25) is 0 Å². The number of rotatable bonds is 6. The van der Waals surface area contributed by atoms with Gasteiger partial charge in [-0.1, -0.05) is 25.6 Å². The van der Waals surface area contributed by atoms with E-state index in [1.54, 1.807) is 4.90 Å². The Morgan fingerprint density at radius 2 is 2.11 bits per heavy atom. The zero-order valence-corrected chi connectivity index (χ0v) is 16.8. The molecule has 0 aromatic carbocycles. The number of H-pyrrole nitrogens is 1. The number of likely N-dealkylation sites (tertiary alicyclic amines) is 1. The molecule has 0 saturated carbocycles. The number of carbonyl (C=O) groups excluding carboxylic acids is 2. The highest BCUT2D eigenvalue weighted by molar-refractivity contribution is 7.99. The SMILES string of the molecule is CC(C)CC1COC(=O)N1C1CCN(C(=O)CSc2[nH]c(=O)ncc2F)CC1. The molecule has 3 rings (SSSR count). The molecule has 8 nitrogen and oxygen atoms in total. The molecule has 2 fully saturated rings. The first kappa shape index (κ1) is 20.6. The fraction of sp³-hybridized carbons (Fsp3) is 0.667. The molecule has 2 amide bonds. The Bertz CT molecular complexity index is 779. The number of hydrogen-bond donors (Lipinski definition) is 1. The first-order chi connectivity index (χ1) is 13.3. The number of piperidine rings is 1. The molecule has 154 valence electrons. The van der Waals surface area contributed by atoms with Crippen molar-refractivity contribution in [3.63, 3.8) is 0 Å².